The van der Waals surface area contributed by atoms with Gasteiger partial charge in [0, 0.05) is 5.41 Å². The third kappa shape index (κ3) is 1.38. The fraction of sp³-hybridized carbons (Fsp3) is 1.00. The van der Waals surface area contributed by atoms with Crippen LogP contribution in [0.2, 0.25) is 0 Å². The Bertz CT molecular complexity index is 239. The molecule has 0 unspecified atom stereocenters. The molecular weight excluding hydrogens is 186 g/mol. The molecular formula is C13H25NO. The van der Waals surface area contributed by atoms with Gasteiger partial charge in [0.15, 0.2) is 0 Å². The molecule has 0 saturated carbocycles. The summed E-state index contributed by atoms with van der Waals surface area (Å²) < 4.78 is 6.13. The van der Waals surface area contributed by atoms with E-state index in [4.69, 9.17) is 4.74 Å². The van der Waals surface area contributed by atoms with Gasteiger partial charge in [-0.05, 0) is 26.3 Å². The van der Waals surface area contributed by atoms with Crippen molar-refractivity contribution >= 4 is 0 Å². The lowest BCUT2D eigenvalue weighted by Gasteiger charge is -2.47. The maximum atomic E-state index is 6.13. The van der Waals surface area contributed by atoms with Crippen LogP contribution >= 0.6 is 0 Å². The number of fused-ring (bicyclic) bond motifs is 2. The van der Waals surface area contributed by atoms with Gasteiger partial charge in [-0.1, -0.05) is 33.6 Å². The van der Waals surface area contributed by atoms with E-state index in [1.54, 1.807) is 0 Å². The summed E-state index contributed by atoms with van der Waals surface area (Å²) in [4.78, 5) is 0. The number of ether oxygens (including phenoxy) is 1. The molecule has 2 bridgehead atoms. The van der Waals surface area contributed by atoms with Gasteiger partial charge in [0.25, 0.3) is 0 Å². The molecule has 2 aliphatic heterocycles. The molecule has 2 heteroatoms. The maximum Gasteiger partial charge on any atom is 0.0767 e. The van der Waals surface area contributed by atoms with Crippen molar-refractivity contribution in [2.45, 2.75) is 70.6 Å². The van der Waals surface area contributed by atoms with Gasteiger partial charge in [-0.3, -0.25) is 0 Å². The lowest BCUT2D eigenvalue weighted by molar-refractivity contribution is 0.0729. The van der Waals surface area contributed by atoms with E-state index in [1.165, 1.54) is 32.1 Å². The molecule has 2 aliphatic rings. The van der Waals surface area contributed by atoms with Crippen LogP contribution in [0.25, 0.3) is 0 Å². The van der Waals surface area contributed by atoms with Crippen LogP contribution in [0.1, 0.15) is 52.9 Å². The van der Waals surface area contributed by atoms with Gasteiger partial charge in [0.2, 0.25) is 0 Å². The number of unbranched alkanes of at least 4 members (excludes halogenated alkanes) is 1. The number of rotatable bonds is 4. The summed E-state index contributed by atoms with van der Waals surface area (Å²) in [5.41, 5.74) is 0.520. The molecule has 3 atom stereocenters. The van der Waals surface area contributed by atoms with Crippen molar-refractivity contribution in [3.05, 3.63) is 0 Å². The predicted octanol–water partition coefficient (Wildman–Crippen LogP) is 2.72. The molecule has 2 rings (SSSR count). The lowest BCUT2D eigenvalue weighted by atomic mass is 9.61. The molecule has 0 aromatic heterocycles. The van der Waals surface area contributed by atoms with Crippen LogP contribution < -0.4 is 5.32 Å². The van der Waals surface area contributed by atoms with E-state index >= 15 is 0 Å². The van der Waals surface area contributed by atoms with E-state index in [0.717, 1.165) is 0 Å². The first kappa shape index (κ1) is 11.4. The lowest BCUT2D eigenvalue weighted by Crippen LogP contribution is -2.61. The van der Waals surface area contributed by atoms with Crippen LogP contribution in [0, 0.1) is 5.41 Å². The van der Waals surface area contributed by atoms with E-state index in [2.05, 4.69) is 33.1 Å². The van der Waals surface area contributed by atoms with Crippen LogP contribution in [-0.4, -0.2) is 24.8 Å². The van der Waals surface area contributed by atoms with Gasteiger partial charge >= 0.3 is 0 Å². The second kappa shape index (κ2) is 3.74. The summed E-state index contributed by atoms with van der Waals surface area (Å²) in [7, 11) is 2.11. The first-order valence-electron chi connectivity index (χ1n) is 6.43. The molecule has 1 N–H and O–H groups in total. The normalized spacial score (nSPS) is 42.4. The predicted molar refractivity (Wildman–Crippen MR) is 63.0 cm³/mol. The monoisotopic (exact) mass is 211 g/mol. The molecule has 0 aromatic rings. The van der Waals surface area contributed by atoms with Crippen LogP contribution in [0.4, 0.5) is 0 Å². The standard InChI is InChI=1S/C13H25NO/c1-5-6-9-13(14-4)11-8-7-10(15-11)12(13,2)3/h10-11,14H,5-9H2,1-4H3/t10-,11+,13+/m0/s1. The minimum Gasteiger partial charge on any atom is -0.372 e. The van der Waals surface area contributed by atoms with E-state index < -0.39 is 0 Å². The topological polar surface area (TPSA) is 21.3 Å². The van der Waals surface area contributed by atoms with Gasteiger partial charge in [0.1, 0.15) is 0 Å². The molecule has 88 valence electrons. The van der Waals surface area contributed by atoms with E-state index in [0.29, 0.717) is 17.6 Å². The van der Waals surface area contributed by atoms with Crippen LogP contribution in [0.3, 0.4) is 0 Å². The van der Waals surface area contributed by atoms with Gasteiger partial charge in [-0.25, -0.2) is 0 Å². The maximum absolute atomic E-state index is 6.13. The van der Waals surface area contributed by atoms with Gasteiger partial charge in [0.05, 0.1) is 17.7 Å². The Kier molecular flexibility index (Phi) is 2.85. The van der Waals surface area contributed by atoms with E-state index in [1.807, 2.05) is 0 Å². The van der Waals surface area contributed by atoms with Gasteiger partial charge in [-0.2, -0.15) is 0 Å². The minimum absolute atomic E-state index is 0.228. The fourth-order valence-electron chi connectivity index (χ4n) is 3.78. The zero-order valence-corrected chi connectivity index (χ0v) is 10.6. The molecule has 2 fully saturated rings. The van der Waals surface area contributed by atoms with E-state index in [-0.39, 0.29) is 5.54 Å². The zero-order chi connectivity index (χ0) is 11.1. The third-order valence-corrected chi connectivity index (χ3v) is 4.89. The molecule has 2 nitrogen and oxygen atoms in total. The fourth-order valence-corrected chi connectivity index (χ4v) is 3.78. The SMILES string of the molecule is CCCC[C@@]1(NC)[C@H]2CC[C@H](O2)C1(C)C. The molecule has 0 aromatic carbocycles. The third-order valence-electron chi connectivity index (χ3n) is 4.89. The van der Waals surface area contributed by atoms with Crippen LogP contribution in [0.15, 0.2) is 0 Å². The number of hydrogen-bond acceptors (Lipinski definition) is 2. The Hall–Kier alpha value is -0.0800. The average Bonchev–Trinajstić information content (AvgIpc) is 2.75. The van der Waals surface area contributed by atoms with Gasteiger partial charge in [-0.15, -0.1) is 0 Å². The largest absolute Gasteiger partial charge is 0.372 e. The van der Waals surface area contributed by atoms with Crippen molar-refractivity contribution in [1.29, 1.82) is 0 Å². The Morgan fingerprint density at radius 1 is 1.27 bits per heavy atom. The summed E-state index contributed by atoms with van der Waals surface area (Å²) in [6.07, 6.45) is 7.27. The Morgan fingerprint density at radius 3 is 2.40 bits per heavy atom. The molecule has 15 heavy (non-hydrogen) atoms. The van der Waals surface area contributed by atoms with Crippen LogP contribution in [-0.2, 0) is 4.74 Å². The molecule has 0 amide bonds. The highest BCUT2D eigenvalue weighted by Gasteiger charge is 2.63. The quantitative estimate of drug-likeness (QED) is 0.772. The van der Waals surface area contributed by atoms with Crippen molar-refractivity contribution in [3.63, 3.8) is 0 Å². The summed E-state index contributed by atoms with van der Waals surface area (Å²) in [6.45, 7) is 7.02. The molecule has 2 saturated heterocycles. The highest BCUT2D eigenvalue weighted by atomic mass is 16.5. The van der Waals surface area contributed by atoms with Crippen molar-refractivity contribution in [1.82, 2.24) is 5.32 Å². The molecule has 2 heterocycles. The minimum atomic E-state index is 0.228. The Labute approximate surface area is 93.8 Å². The second-order valence-electron chi connectivity index (χ2n) is 5.74. The summed E-state index contributed by atoms with van der Waals surface area (Å²) >= 11 is 0. The molecule has 0 radical (unpaired) electrons. The first-order chi connectivity index (χ1) is 7.08. The second-order valence-corrected chi connectivity index (χ2v) is 5.74. The molecule has 0 spiro atoms. The Morgan fingerprint density at radius 2 is 1.93 bits per heavy atom. The number of likely N-dealkylation sites (N-methyl/N-ethyl adjacent to an activating group) is 1. The van der Waals surface area contributed by atoms with Crippen molar-refractivity contribution in [2.24, 2.45) is 5.41 Å². The highest BCUT2D eigenvalue weighted by molar-refractivity contribution is 5.16. The summed E-state index contributed by atoms with van der Waals surface area (Å²) in [5, 5.41) is 3.61. The van der Waals surface area contributed by atoms with E-state index in [9.17, 15) is 0 Å². The zero-order valence-electron chi connectivity index (χ0n) is 10.6. The summed E-state index contributed by atoms with van der Waals surface area (Å²) in [6, 6.07) is 0. The average molecular weight is 211 g/mol. The highest BCUT2D eigenvalue weighted by Crippen LogP contribution is 2.55. The van der Waals surface area contributed by atoms with Gasteiger partial charge < -0.3 is 10.1 Å². The van der Waals surface area contributed by atoms with Crippen molar-refractivity contribution in [3.8, 4) is 0 Å². The smallest absolute Gasteiger partial charge is 0.0767 e. The number of hydrogen-bond donors (Lipinski definition) is 1. The van der Waals surface area contributed by atoms with Crippen LogP contribution in [0.5, 0.6) is 0 Å². The first-order valence-corrected chi connectivity index (χ1v) is 6.43. The van der Waals surface area contributed by atoms with Crippen molar-refractivity contribution < 1.29 is 4.74 Å². The summed E-state index contributed by atoms with van der Waals surface area (Å²) in [5.74, 6) is 0. The molecule has 0 aliphatic carbocycles. The Balaban J connectivity index is 2.22. The van der Waals surface area contributed by atoms with Crippen molar-refractivity contribution in [2.75, 3.05) is 7.05 Å². The number of nitrogens with one attached hydrogen (secondary N) is 1.